The molecule has 2 aromatic rings. The number of hydrogen-bond donors (Lipinski definition) is 1. The standard InChI is InChI=1S/C10H9ClN2O/c11-9-3-1-2-4-10(9)12-7-8-5-6-14-13-8/h1-6,12H,7H2. The topological polar surface area (TPSA) is 38.1 Å². The minimum atomic E-state index is 0.611. The third kappa shape index (κ3) is 2.06. The first-order valence-corrected chi connectivity index (χ1v) is 4.62. The van der Waals surface area contributed by atoms with E-state index in [9.17, 15) is 0 Å². The van der Waals surface area contributed by atoms with E-state index in [0.29, 0.717) is 11.6 Å². The minimum Gasteiger partial charge on any atom is -0.378 e. The summed E-state index contributed by atoms with van der Waals surface area (Å²) in [7, 11) is 0. The summed E-state index contributed by atoms with van der Waals surface area (Å²) in [6, 6.07) is 9.39. The molecule has 14 heavy (non-hydrogen) atoms. The molecule has 0 fully saturated rings. The molecular formula is C10H9ClN2O. The molecule has 0 saturated carbocycles. The maximum atomic E-state index is 5.96. The lowest BCUT2D eigenvalue weighted by Gasteiger charge is -2.05. The SMILES string of the molecule is Clc1ccccc1NCc1ccon1. The highest BCUT2D eigenvalue weighted by Gasteiger charge is 1.99. The van der Waals surface area contributed by atoms with E-state index < -0.39 is 0 Å². The summed E-state index contributed by atoms with van der Waals surface area (Å²) >= 11 is 5.96. The number of aromatic nitrogens is 1. The minimum absolute atomic E-state index is 0.611. The molecule has 0 saturated heterocycles. The first kappa shape index (κ1) is 9.09. The molecule has 1 heterocycles. The monoisotopic (exact) mass is 208 g/mol. The Bertz CT molecular complexity index is 400. The Kier molecular flexibility index (Phi) is 2.70. The van der Waals surface area contributed by atoms with E-state index in [4.69, 9.17) is 16.1 Å². The fourth-order valence-corrected chi connectivity index (χ4v) is 1.32. The Morgan fingerprint density at radius 1 is 1.29 bits per heavy atom. The molecule has 0 spiro atoms. The van der Waals surface area contributed by atoms with Gasteiger partial charge in [-0.1, -0.05) is 28.9 Å². The van der Waals surface area contributed by atoms with E-state index in [2.05, 4.69) is 10.5 Å². The second-order valence-electron chi connectivity index (χ2n) is 2.82. The van der Waals surface area contributed by atoms with Crippen LogP contribution in [0.4, 0.5) is 5.69 Å². The zero-order valence-corrected chi connectivity index (χ0v) is 8.16. The molecule has 0 bridgehead atoms. The van der Waals surface area contributed by atoms with Crippen LogP contribution in [0.15, 0.2) is 41.1 Å². The molecular weight excluding hydrogens is 200 g/mol. The second kappa shape index (κ2) is 4.15. The average molecular weight is 209 g/mol. The molecule has 0 atom stereocenters. The number of anilines is 1. The van der Waals surface area contributed by atoms with Crippen molar-refractivity contribution >= 4 is 17.3 Å². The Labute approximate surface area is 86.7 Å². The van der Waals surface area contributed by atoms with Gasteiger partial charge >= 0.3 is 0 Å². The Morgan fingerprint density at radius 2 is 2.14 bits per heavy atom. The average Bonchev–Trinajstić information content (AvgIpc) is 2.69. The first-order chi connectivity index (χ1) is 6.86. The van der Waals surface area contributed by atoms with Crippen molar-refractivity contribution in [2.45, 2.75) is 6.54 Å². The van der Waals surface area contributed by atoms with Crippen molar-refractivity contribution in [2.75, 3.05) is 5.32 Å². The summed E-state index contributed by atoms with van der Waals surface area (Å²) in [5, 5.41) is 7.65. The van der Waals surface area contributed by atoms with E-state index in [1.165, 1.54) is 0 Å². The molecule has 4 heteroatoms. The summed E-state index contributed by atoms with van der Waals surface area (Å²) in [5.74, 6) is 0. The molecule has 1 aromatic heterocycles. The quantitative estimate of drug-likeness (QED) is 0.843. The number of nitrogens with zero attached hydrogens (tertiary/aromatic N) is 1. The fraction of sp³-hybridized carbons (Fsp3) is 0.100. The Balaban J connectivity index is 2.02. The summed E-state index contributed by atoms with van der Waals surface area (Å²) < 4.78 is 4.71. The lowest BCUT2D eigenvalue weighted by molar-refractivity contribution is 0.412. The van der Waals surface area contributed by atoms with Crippen LogP contribution < -0.4 is 5.32 Å². The molecule has 2 rings (SSSR count). The van der Waals surface area contributed by atoms with Crippen LogP contribution in [0.1, 0.15) is 5.69 Å². The van der Waals surface area contributed by atoms with Crippen molar-refractivity contribution in [3.8, 4) is 0 Å². The number of halogens is 1. The van der Waals surface area contributed by atoms with Crippen LogP contribution in [-0.4, -0.2) is 5.16 Å². The van der Waals surface area contributed by atoms with Crippen LogP contribution >= 0.6 is 11.6 Å². The van der Waals surface area contributed by atoms with Crippen LogP contribution in [0.3, 0.4) is 0 Å². The molecule has 0 aliphatic heterocycles. The summed E-state index contributed by atoms with van der Waals surface area (Å²) in [6.45, 7) is 0.611. The van der Waals surface area contributed by atoms with Gasteiger partial charge in [0.15, 0.2) is 0 Å². The lowest BCUT2D eigenvalue weighted by Crippen LogP contribution is -1.99. The van der Waals surface area contributed by atoms with Crippen LogP contribution in [0, 0.1) is 0 Å². The number of para-hydroxylation sites is 1. The maximum absolute atomic E-state index is 5.96. The highest BCUT2D eigenvalue weighted by atomic mass is 35.5. The molecule has 0 unspecified atom stereocenters. The largest absolute Gasteiger partial charge is 0.378 e. The molecule has 0 aliphatic carbocycles. The number of rotatable bonds is 3. The first-order valence-electron chi connectivity index (χ1n) is 4.24. The van der Waals surface area contributed by atoms with Gasteiger partial charge in [0.2, 0.25) is 0 Å². The third-order valence-corrected chi connectivity index (χ3v) is 2.15. The normalized spacial score (nSPS) is 10.1. The van der Waals surface area contributed by atoms with Gasteiger partial charge < -0.3 is 9.84 Å². The van der Waals surface area contributed by atoms with Gasteiger partial charge in [-0.25, -0.2) is 0 Å². The molecule has 0 aliphatic rings. The van der Waals surface area contributed by atoms with E-state index in [0.717, 1.165) is 11.4 Å². The molecule has 0 amide bonds. The summed E-state index contributed by atoms with van der Waals surface area (Å²) in [5.41, 5.74) is 1.75. The molecule has 1 aromatic carbocycles. The van der Waals surface area contributed by atoms with Gasteiger partial charge in [-0.2, -0.15) is 0 Å². The van der Waals surface area contributed by atoms with E-state index in [1.807, 2.05) is 30.3 Å². The van der Waals surface area contributed by atoms with Crippen LogP contribution in [-0.2, 0) is 6.54 Å². The summed E-state index contributed by atoms with van der Waals surface area (Å²) in [4.78, 5) is 0. The van der Waals surface area contributed by atoms with Crippen LogP contribution in [0.2, 0.25) is 5.02 Å². The Hall–Kier alpha value is -1.48. The Morgan fingerprint density at radius 3 is 2.86 bits per heavy atom. The zero-order chi connectivity index (χ0) is 9.80. The highest BCUT2D eigenvalue weighted by molar-refractivity contribution is 6.33. The molecule has 3 nitrogen and oxygen atoms in total. The van der Waals surface area contributed by atoms with Gasteiger partial charge in [0.1, 0.15) is 12.0 Å². The maximum Gasteiger partial charge on any atom is 0.124 e. The van der Waals surface area contributed by atoms with Gasteiger partial charge in [0, 0.05) is 6.07 Å². The smallest absolute Gasteiger partial charge is 0.124 e. The molecule has 72 valence electrons. The van der Waals surface area contributed by atoms with E-state index in [-0.39, 0.29) is 0 Å². The van der Waals surface area contributed by atoms with Crippen molar-refractivity contribution in [3.63, 3.8) is 0 Å². The van der Waals surface area contributed by atoms with Crippen molar-refractivity contribution in [1.29, 1.82) is 0 Å². The number of benzene rings is 1. The summed E-state index contributed by atoms with van der Waals surface area (Å²) in [6.07, 6.45) is 1.55. The van der Waals surface area contributed by atoms with Crippen LogP contribution in [0.25, 0.3) is 0 Å². The highest BCUT2D eigenvalue weighted by Crippen LogP contribution is 2.20. The van der Waals surface area contributed by atoms with Crippen molar-refractivity contribution in [1.82, 2.24) is 5.16 Å². The lowest BCUT2D eigenvalue weighted by atomic mass is 10.3. The van der Waals surface area contributed by atoms with Crippen molar-refractivity contribution in [2.24, 2.45) is 0 Å². The number of nitrogens with one attached hydrogen (secondary N) is 1. The van der Waals surface area contributed by atoms with Crippen molar-refractivity contribution in [3.05, 3.63) is 47.3 Å². The predicted molar refractivity (Wildman–Crippen MR) is 55.3 cm³/mol. The van der Waals surface area contributed by atoms with Crippen molar-refractivity contribution < 1.29 is 4.52 Å². The molecule has 0 radical (unpaired) electrons. The van der Waals surface area contributed by atoms with E-state index in [1.54, 1.807) is 6.26 Å². The number of hydrogen-bond acceptors (Lipinski definition) is 3. The fourth-order valence-electron chi connectivity index (χ4n) is 1.12. The second-order valence-corrected chi connectivity index (χ2v) is 3.23. The third-order valence-electron chi connectivity index (χ3n) is 1.83. The zero-order valence-electron chi connectivity index (χ0n) is 7.40. The van der Waals surface area contributed by atoms with Gasteiger partial charge in [-0.3, -0.25) is 0 Å². The van der Waals surface area contributed by atoms with Gasteiger partial charge in [-0.15, -0.1) is 0 Å². The van der Waals surface area contributed by atoms with Gasteiger partial charge in [-0.05, 0) is 12.1 Å². The van der Waals surface area contributed by atoms with Gasteiger partial charge in [0.05, 0.1) is 17.3 Å². The predicted octanol–water partition coefficient (Wildman–Crippen LogP) is 2.94. The van der Waals surface area contributed by atoms with Gasteiger partial charge in [0.25, 0.3) is 0 Å². The molecule has 1 N–H and O–H groups in total. The van der Waals surface area contributed by atoms with E-state index >= 15 is 0 Å². The van der Waals surface area contributed by atoms with Crippen LogP contribution in [0.5, 0.6) is 0 Å².